The summed E-state index contributed by atoms with van der Waals surface area (Å²) in [5, 5.41) is 0. The van der Waals surface area contributed by atoms with Gasteiger partial charge >= 0.3 is 0 Å². The van der Waals surface area contributed by atoms with Gasteiger partial charge in [-0.15, -0.1) is 0 Å². The summed E-state index contributed by atoms with van der Waals surface area (Å²) in [5.41, 5.74) is 1.77. The van der Waals surface area contributed by atoms with Crippen molar-refractivity contribution in [3.05, 3.63) is 35.4 Å². The van der Waals surface area contributed by atoms with E-state index in [1.807, 2.05) is 30.3 Å². The Labute approximate surface area is 126 Å². The summed E-state index contributed by atoms with van der Waals surface area (Å²) in [5.74, 6) is 1.01. The zero-order chi connectivity index (χ0) is 14.8. The average molecular weight is 285 g/mol. The van der Waals surface area contributed by atoms with Crippen molar-refractivity contribution in [2.24, 2.45) is 0 Å². The van der Waals surface area contributed by atoms with Crippen LogP contribution >= 0.6 is 0 Å². The van der Waals surface area contributed by atoms with E-state index in [9.17, 15) is 4.79 Å². The number of benzene rings is 1. The third-order valence-corrected chi connectivity index (χ3v) is 4.42. The predicted molar refractivity (Wildman–Crippen MR) is 84.2 cm³/mol. The summed E-state index contributed by atoms with van der Waals surface area (Å²) in [6.07, 6.45) is 6.73. The zero-order valence-electron chi connectivity index (χ0n) is 12.8. The van der Waals surface area contributed by atoms with Crippen molar-refractivity contribution in [3.63, 3.8) is 0 Å². The van der Waals surface area contributed by atoms with E-state index in [1.165, 1.54) is 12.8 Å². The van der Waals surface area contributed by atoms with Gasteiger partial charge < -0.3 is 9.64 Å². The monoisotopic (exact) mass is 285 g/mol. The molecule has 0 atom stereocenters. The number of fused-ring (bicyclic) bond motifs is 1. The number of carbonyl (C=O) groups excluding carboxylic acids is 1. The number of nitrogens with zero attached hydrogens (tertiary/aromatic N) is 1. The minimum absolute atomic E-state index is 0.145. The van der Waals surface area contributed by atoms with Gasteiger partial charge in [0, 0.05) is 17.6 Å². The standard InChI is InChI=1S/C18H23NO2/c1-13(2)19(16-8-4-5-9-16)18(20)15-11-14-7-3-6-10-17(14)21-12-15/h3,6-7,10-11,13,16H,4-5,8-9,12H2,1-2H3. The minimum Gasteiger partial charge on any atom is -0.488 e. The first-order chi connectivity index (χ1) is 10.2. The highest BCUT2D eigenvalue weighted by molar-refractivity contribution is 5.99. The van der Waals surface area contributed by atoms with Crippen LogP contribution in [0.15, 0.2) is 29.8 Å². The first-order valence-corrected chi connectivity index (χ1v) is 7.92. The Balaban J connectivity index is 1.85. The fourth-order valence-corrected chi connectivity index (χ4v) is 3.41. The SMILES string of the molecule is CC(C)N(C(=O)C1=Cc2ccccc2OC1)C1CCCC1. The Morgan fingerprint density at radius 3 is 2.67 bits per heavy atom. The van der Waals surface area contributed by atoms with Gasteiger partial charge in [0.2, 0.25) is 0 Å². The quantitative estimate of drug-likeness (QED) is 0.848. The molecule has 1 aliphatic heterocycles. The van der Waals surface area contributed by atoms with Crippen LogP contribution in [0.1, 0.15) is 45.1 Å². The number of carbonyl (C=O) groups is 1. The molecule has 21 heavy (non-hydrogen) atoms. The Morgan fingerprint density at radius 1 is 1.24 bits per heavy atom. The van der Waals surface area contributed by atoms with Crippen LogP contribution in [-0.2, 0) is 4.79 Å². The van der Waals surface area contributed by atoms with Gasteiger partial charge in [0.15, 0.2) is 0 Å². The fraction of sp³-hybridized carbons (Fsp3) is 0.500. The van der Waals surface area contributed by atoms with E-state index in [4.69, 9.17) is 4.74 Å². The largest absolute Gasteiger partial charge is 0.488 e. The molecule has 0 bridgehead atoms. The van der Waals surface area contributed by atoms with Gasteiger partial charge in [-0.2, -0.15) is 0 Å². The average Bonchev–Trinajstić information content (AvgIpc) is 3.00. The molecule has 112 valence electrons. The second kappa shape index (κ2) is 5.92. The second-order valence-corrected chi connectivity index (χ2v) is 6.24. The lowest BCUT2D eigenvalue weighted by Gasteiger charge is -2.34. The molecule has 3 rings (SSSR count). The lowest BCUT2D eigenvalue weighted by atomic mass is 10.0. The first kappa shape index (κ1) is 14.2. The second-order valence-electron chi connectivity index (χ2n) is 6.24. The number of ether oxygens (including phenoxy) is 1. The molecule has 1 aromatic rings. The summed E-state index contributed by atoms with van der Waals surface area (Å²) >= 11 is 0. The summed E-state index contributed by atoms with van der Waals surface area (Å²) in [7, 11) is 0. The van der Waals surface area contributed by atoms with E-state index >= 15 is 0 Å². The van der Waals surface area contributed by atoms with Crippen molar-refractivity contribution in [2.45, 2.75) is 51.6 Å². The van der Waals surface area contributed by atoms with Crippen LogP contribution in [0.3, 0.4) is 0 Å². The van der Waals surface area contributed by atoms with E-state index in [2.05, 4.69) is 18.7 Å². The zero-order valence-corrected chi connectivity index (χ0v) is 12.8. The van der Waals surface area contributed by atoms with Crippen LogP contribution in [-0.4, -0.2) is 29.5 Å². The van der Waals surface area contributed by atoms with Crippen molar-refractivity contribution in [2.75, 3.05) is 6.61 Å². The minimum atomic E-state index is 0.145. The molecule has 0 radical (unpaired) electrons. The molecule has 1 fully saturated rings. The van der Waals surface area contributed by atoms with Crippen LogP contribution in [0.25, 0.3) is 6.08 Å². The Hall–Kier alpha value is -1.77. The molecule has 2 aliphatic rings. The fourth-order valence-electron chi connectivity index (χ4n) is 3.41. The van der Waals surface area contributed by atoms with Crippen LogP contribution in [0.5, 0.6) is 5.75 Å². The van der Waals surface area contributed by atoms with Crippen molar-refractivity contribution in [1.29, 1.82) is 0 Å². The van der Waals surface area contributed by atoms with Crippen LogP contribution in [0.4, 0.5) is 0 Å². The maximum atomic E-state index is 12.9. The van der Waals surface area contributed by atoms with Gasteiger partial charge in [-0.3, -0.25) is 4.79 Å². The van der Waals surface area contributed by atoms with Gasteiger partial charge in [-0.25, -0.2) is 0 Å². The molecular formula is C18H23NO2. The van der Waals surface area contributed by atoms with E-state index in [0.29, 0.717) is 12.6 Å². The van der Waals surface area contributed by atoms with Crippen molar-refractivity contribution in [1.82, 2.24) is 4.90 Å². The third kappa shape index (κ3) is 2.82. The molecule has 1 aromatic carbocycles. The van der Waals surface area contributed by atoms with Crippen molar-refractivity contribution < 1.29 is 9.53 Å². The molecule has 3 heteroatoms. The molecule has 1 aliphatic carbocycles. The maximum absolute atomic E-state index is 12.9. The molecule has 0 aromatic heterocycles. The lowest BCUT2D eigenvalue weighted by Crippen LogP contribution is -2.45. The lowest BCUT2D eigenvalue weighted by molar-refractivity contribution is -0.131. The molecule has 1 amide bonds. The van der Waals surface area contributed by atoms with E-state index in [-0.39, 0.29) is 11.9 Å². The highest BCUT2D eigenvalue weighted by atomic mass is 16.5. The molecular weight excluding hydrogens is 262 g/mol. The van der Waals surface area contributed by atoms with Crippen molar-refractivity contribution >= 4 is 12.0 Å². The molecule has 1 heterocycles. The molecule has 0 saturated heterocycles. The normalized spacial score (nSPS) is 18.1. The molecule has 0 N–H and O–H groups in total. The third-order valence-electron chi connectivity index (χ3n) is 4.42. The summed E-state index contributed by atoms with van der Waals surface area (Å²) in [6, 6.07) is 8.51. The van der Waals surface area contributed by atoms with Crippen LogP contribution in [0, 0.1) is 0 Å². The summed E-state index contributed by atoms with van der Waals surface area (Å²) in [6.45, 7) is 4.59. The van der Waals surface area contributed by atoms with E-state index in [1.54, 1.807) is 0 Å². The predicted octanol–water partition coefficient (Wildman–Crippen LogP) is 3.64. The smallest absolute Gasteiger partial charge is 0.253 e. The van der Waals surface area contributed by atoms with Crippen molar-refractivity contribution in [3.8, 4) is 5.75 Å². The van der Waals surface area contributed by atoms with Crippen LogP contribution in [0.2, 0.25) is 0 Å². The number of rotatable bonds is 3. The number of amides is 1. The van der Waals surface area contributed by atoms with E-state index < -0.39 is 0 Å². The van der Waals surface area contributed by atoms with Gasteiger partial charge in [0.05, 0.1) is 5.57 Å². The van der Waals surface area contributed by atoms with E-state index in [0.717, 1.165) is 29.7 Å². The topological polar surface area (TPSA) is 29.5 Å². The van der Waals surface area contributed by atoms with Gasteiger partial charge in [0.1, 0.15) is 12.4 Å². The highest BCUT2D eigenvalue weighted by Crippen LogP contribution is 2.30. The number of hydrogen-bond donors (Lipinski definition) is 0. The number of para-hydroxylation sites is 1. The Morgan fingerprint density at radius 2 is 1.95 bits per heavy atom. The summed E-state index contributed by atoms with van der Waals surface area (Å²) < 4.78 is 5.73. The molecule has 0 spiro atoms. The summed E-state index contributed by atoms with van der Waals surface area (Å²) in [4.78, 5) is 15.0. The number of hydrogen-bond acceptors (Lipinski definition) is 2. The molecule has 0 unspecified atom stereocenters. The van der Waals surface area contributed by atoms with Gasteiger partial charge in [0.25, 0.3) is 5.91 Å². The first-order valence-electron chi connectivity index (χ1n) is 7.92. The highest BCUT2D eigenvalue weighted by Gasteiger charge is 2.31. The van der Waals surface area contributed by atoms with Gasteiger partial charge in [-0.1, -0.05) is 31.0 Å². The molecule has 3 nitrogen and oxygen atoms in total. The maximum Gasteiger partial charge on any atom is 0.253 e. The Kier molecular flexibility index (Phi) is 4.00. The Bertz CT molecular complexity index is 556. The van der Waals surface area contributed by atoms with Crippen LogP contribution < -0.4 is 4.74 Å². The van der Waals surface area contributed by atoms with Gasteiger partial charge in [-0.05, 0) is 38.8 Å². The molecule has 1 saturated carbocycles.